The molecule has 0 aromatic carbocycles. The molecule has 1 amide bonds. The quantitative estimate of drug-likeness (QED) is 0.681. The van der Waals surface area contributed by atoms with E-state index in [1.54, 1.807) is 6.20 Å². The molecular weight excluding hydrogens is 242 g/mol. The van der Waals surface area contributed by atoms with Crippen LogP contribution in [-0.2, 0) is 11.3 Å². The van der Waals surface area contributed by atoms with Crippen LogP contribution in [0, 0.1) is 5.92 Å². The van der Waals surface area contributed by atoms with E-state index in [0.717, 1.165) is 5.69 Å². The van der Waals surface area contributed by atoms with Gasteiger partial charge in [-0.2, -0.15) is 0 Å². The van der Waals surface area contributed by atoms with Crippen LogP contribution in [-0.4, -0.2) is 28.1 Å². The smallest absolute Gasteiger partial charge is 0.222 e. The topological polar surface area (TPSA) is 88.2 Å². The lowest BCUT2D eigenvalue weighted by Crippen LogP contribution is -2.39. The predicted octanol–water partition coefficient (Wildman–Crippen LogP) is 0.822. The van der Waals surface area contributed by atoms with Gasteiger partial charge in [-0.3, -0.25) is 9.78 Å². The summed E-state index contributed by atoms with van der Waals surface area (Å²) < 4.78 is 0. The van der Waals surface area contributed by atoms with Gasteiger partial charge in [0.2, 0.25) is 5.91 Å². The van der Waals surface area contributed by atoms with Crippen molar-refractivity contribution in [2.24, 2.45) is 11.7 Å². The highest BCUT2D eigenvalue weighted by atomic mass is 16.3. The van der Waals surface area contributed by atoms with Gasteiger partial charge in [0.15, 0.2) is 0 Å². The lowest BCUT2D eigenvalue weighted by molar-refractivity contribution is -0.123. The standard InChI is InChI=1S/C14H23N3O2/c1-10(2)7-12(15)13(18)8-14(19)17-9-11-5-3-4-6-16-11/h3-6,10,12-13,18H,7-9,15H2,1-2H3,(H,17,19)/t12-,13+/m0/s1. The fraction of sp³-hybridized carbons (Fsp3) is 0.571. The molecule has 0 radical (unpaired) electrons. The van der Waals surface area contributed by atoms with Crippen LogP contribution in [0.3, 0.4) is 0 Å². The minimum atomic E-state index is -0.800. The second kappa shape index (κ2) is 7.86. The van der Waals surface area contributed by atoms with Crippen molar-refractivity contribution in [1.29, 1.82) is 0 Å². The molecule has 0 bridgehead atoms. The van der Waals surface area contributed by atoms with Crippen molar-refractivity contribution in [2.75, 3.05) is 0 Å². The first-order chi connectivity index (χ1) is 8.99. The second-order valence-electron chi connectivity index (χ2n) is 5.16. The normalized spacial score (nSPS) is 14.2. The molecule has 0 saturated carbocycles. The molecule has 4 N–H and O–H groups in total. The molecule has 1 aromatic rings. The summed E-state index contributed by atoms with van der Waals surface area (Å²) in [5, 5.41) is 12.6. The number of amides is 1. The maximum absolute atomic E-state index is 11.7. The number of aliphatic hydroxyl groups excluding tert-OH is 1. The van der Waals surface area contributed by atoms with Gasteiger partial charge in [-0.25, -0.2) is 0 Å². The van der Waals surface area contributed by atoms with Crippen LogP contribution in [0.2, 0.25) is 0 Å². The second-order valence-corrected chi connectivity index (χ2v) is 5.16. The minimum absolute atomic E-state index is 0.0285. The summed E-state index contributed by atoms with van der Waals surface area (Å²) in [6.07, 6.45) is 1.61. The van der Waals surface area contributed by atoms with E-state index >= 15 is 0 Å². The van der Waals surface area contributed by atoms with E-state index in [2.05, 4.69) is 10.3 Å². The largest absolute Gasteiger partial charge is 0.391 e. The zero-order chi connectivity index (χ0) is 14.3. The van der Waals surface area contributed by atoms with Crippen molar-refractivity contribution in [3.8, 4) is 0 Å². The number of carbonyl (C=O) groups excluding carboxylic acids is 1. The number of carbonyl (C=O) groups is 1. The summed E-state index contributed by atoms with van der Waals surface area (Å²) in [7, 11) is 0. The monoisotopic (exact) mass is 265 g/mol. The molecule has 0 aliphatic rings. The summed E-state index contributed by atoms with van der Waals surface area (Å²) in [5.41, 5.74) is 6.62. The lowest BCUT2D eigenvalue weighted by atomic mass is 9.98. The predicted molar refractivity (Wildman–Crippen MR) is 74.1 cm³/mol. The fourth-order valence-electron chi connectivity index (χ4n) is 1.81. The Morgan fingerprint density at radius 1 is 1.47 bits per heavy atom. The van der Waals surface area contributed by atoms with E-state index in [1.165, 1.54) is 0 Å². The molecule has 1 rings (SSSR count). The van der Waals surface area contributed by atoms with Gasteiger partial charge in [-0.1, -0.05) is 19.9 Å². The number of rotatable bonds is 7. The fourth-order valence-corrected chi connectivity index (χ4v) is 1.81. The molecule has 2 atom stereocenters. The van der Waals surface area contributed by atoms with Crippen molar-refractivity contribution >= 4 is 5.91 Å². The SMILES string of the molecule is CC(C)C[C@H](N)[C@H](O)CC(=O)NCc1ccccn1. The highest BCUT2D eigenvalue weighted by Gasteiger charge is 2.19. The molecule has 0 aliphatic heterocycles. The molecule has 5 nitrogen and oxygen atoms in total. The highest BCUT2D eigenvalue weighted by Crippen LogP contribution is 2.08. The minimum Gasteiger partial charge on any atom is -0.391 e. The summed E-state index contributed by atoms with van der Waals surface area (Å²) >= 11 is 0. The van der Waals surface area contributed by atoms with Crippen LogP contribution >= 0.6 is 0 Å². The molecule has 19 heavy (non-hydrogen) atoms. The Hall–Kier alpha value is -1.46. The summed E-state index contributed by atoms with van der Waals surface area (Å²) in [6.45, 7) is 4.44. The van der Waals surface area contributed by atoms with Crippen molar-refractivity contribution in [1.82, 2.24) is 10.3 Å². The Kier molecular flexibility index (Phi) is 6.45. The molecule has 0 spiro atoms. The summed E-state index contributed by atoms with van der Waals surface area (Å²) in [5.74, 6) is 0.193. The molecule has 0 aliphatic carbocycles. The van der Waals surface area contributed by atoms with E-state index in [0.29, 0.717) is 18.9 Å². The first kappa shape index (κ1) is 15.6. The van der Waals surface area contributed by atoms with Crippen molar-refractivity contribution in [2.45, 2.75) is 45.4 Å². The molecule has 0 unspecified atom stereocenters. The molecule has 1 aromatic heterocycles. The Balaban J connectivity index is 2.31. The van der Waals surface area contributed by atoms with Gasteiger partial charge >= 0.3 is 0 Å². The third-order valence-corrected chi connectivity index (χ3v) is 2.83. The van der Waals surface area contributed by atoms with E-state index < -0.39 is 6.10 Å². The van der Waals surface area contributed by atoms with Gasteiger partial charge in [0, 0.05) is 12.2 Å². The number of aromatic nitrogens is 1. The molecule has 106 valence electrons. The first-order valence-corrected chi connectivity index (χ1v) is 6.59. The van der Waals surface area contributed by atoms with Crippen molar-refractivity contribution in [3.63, 3.8) is 0 Å². The van der Waals surface area contributed by atoms with Gasteiger partial charge < -0.3 is 16.2 Å². The van der Waals surface area contributed by atoms with E-state index in [4.69, 9.17) is 5.73 Å². The maximum Gasteiger partial charge on any atom is 0.222 e. The Labute approximate surface area is 114 Å². The molecule has 0 saturated heterocycles. The Morgan fingerprint density at radius 2 is 2.21 bits per heavy atom. The average molecular weight is 265 g/mol. The summed E-state index contributed by atoms with van der Waals surface area (Å²) in [4.78, 5) is 15.8. The maximum atomic E-state index is 11.7. The summed E-state index contributed by atoms with van der Waals surface area (Å²) in [6, 6.07) is 5.16. The molecule has 1 heterocycles. The Morgan fingerprint density at radius 3 is 2.79 bits per heavy atom. The van der Waals surface area contributed by atoms with Crippen LogP contribution in [0.15, 0.2) is 24.4 Å². The van der Waals surface area contributed by atoms with Crippen LogP contribution < -0.4 is 11.1 Å². The Bertz CT molecular complexity index is 382. The van der Waals surface area contributed by atoms with Crippen LogP contribution in [0.5, 0.6) is 0 Å². The first-order valence-electron chi connectivity index (χ1n) is 6.59. The zero-order valence-corrected chi connectivity index (χ0v) is 11.5. The third-order valence-electron chi connectivity index (χ3n) is 2.83. The number of nitrogens with two attached hydrogens (primary N) is 1. The molecular formula is C14H23N3O2. The number of nitrogens with zero attached hydrogens (tertiary/aromatic N) is 1. The van der Waals surface area contributed by atoms with Gasteiger partial charge in [-0.15, -0.1) is 0 Å². The number of aliphatic hydroxyl groups is 1. The van der Waals surface area contributed by atoms with E-state index in [1.807, 2.05) is 32.0 Å². The number of pyridine rings is 1. The van der Waals surface area contributed by atoms with Gasteiger partial charge in [0.25, 0.3) is 0 Å². The number of hydrogen-bond acceptors (Lipinski definition) is 4. The van der Waals surface area contributed by atoms with Crippen LogP contribution in [0.4, 0.5) is 0 Å². The van der Waals surface area contributed by atoms with Gasteiger partial charge in [0.05, 0.1) is 24.8 Å². The van der Waals surface area contributed by atoms with E-state index in [-0.39, 0.29) is 18.4 Å². The van der Waals surface area contributed by atoms with Crippen LogP contribution in [0.1, 0.15) is 32.4 Å². The third kappa shape index (κ3) is 6.31. The highest BCUT2D eigenvalue weighted by molar-refractivity contribution is 5.76. The number of hydrogen-bond donors (Lipinski definition) is 3. The van der Waals surface area contributed by atoms with Gasteiger partial charge in [0.1, 0.15) is 0 Å². The van der Waals surface area contributed by atoms with Crippen molar-refractivity contribution < 1.29 is 9.90 Å². The molecule has 0 fully saturated rings. The van der Waals surface area contributed by atoms with E-state index in [9.17, 15) is 9.90 Å². The number of nitrogens with one attached hydrogen (secondary N) is 1. The average Bonchev–Trinajstić information content (AvgIpc) is 2.36. The van der Waals surface area contributed by atoms with Gasteiger partial charge in [-0.05, 0) is 24.5 Å². The van der Waals surface area contributed by atoms with Crippen molar-refractivity contribution in [3.05, 3.63) is 30.1 Å². The zero-order valence-electron chi connectivity index (χ0n) is 11.5. The van der Waals surface area contributed by atoms with Crippen LogP contribution in [0.25, 0.3) is 0 Å². The molecule has 5 heteroatoms. The lowest BCUT2D eigenvalue weighted by Gasteiger charge is -2.20.